The molecule has 1 aromatic rings. The molecule has 19 heavy (non-hydrogen) atoms. The fraction of sp³-hybridized carbons (Fsp3) is 0.500. The van der Waals surface area contributed by atoms with Crippen LogP contribution in [0, 0.1) is 12.7 Å². The molecule has 0 unspecified atom stereocenters. The summed E-state index contributed by atoms with van der Waals surface area (Å²) in [6.45, 7) is 5.58. The van der Waals surface area contributed by atoms with Crippen LogP contribution in [0.15, 0.2) is 18.2 Å². The number of carbonyl (C=O) groups is 1. The third kappa shape index (κ3) is 3.91. The first kappa shape index (κ1) is 15.9. The Morgan fingerprint density at radius 2 is 2.00 bits per heavy atom. The fourth-order valence-corrected chi connectivity index (χ4v) is 2.25. The monoisotopic (exact) mass is 286 g/mol. The Morgan fingerprint density at radius 3 is 2.58 bits per heavy atom. The van der Waals surface area contributed by atoms with Gasteiger partial charge in [-0.1, -0.05) is 6.07 Å². The molecule has 0 spiro atoms. The van der Waals surface area contributed by atoms with E-state index in [2.05, 4.69) is 10.6 Å². The minimum Gasteiger partial charge on any atom is -0.347 e. The van der Waals surface area contributed by atoms with Gasteiger partial charge in [-0.25, -0.2) is 4.39 Å². The second kappa shape index (κ2) is 6.35. The van der Waals surface area contributed by atoms with E-state index in [-0.39, 0.29) is 29.4 Å². The average molecular weight is 287 g/mol. The molecule has 2 N–H and O–H groups in total. The summed E-state index contributed by atoms with van der Waals surface area (Å²) >= 11 is 0. The second-order valence-corrected chi connectivity index (χ2v) is 5.25. The molecule has 0 atom stereocenters. The summed E-state index contributed by atoms with van der Waals surface area (Å²) in [5.74, 6) is -0.776. The first-order valence-corrected chi connectivity index (χ1v) is 6.30. The number of aryl methyl sites for hydroxylation is 1. The maximum Gasteiger partial charge on any atom is 0.254 e. The molecule has 0 saturated carbocycles. The molecule has 0 aromatic heterocycles. The zero-order valence-electron chi connectivity index (χ0n) is 11.3. The number of halogens is 2. The van der Waals surface area contributed by atoms with Crippen LogP contribution in [0.1, 0.15) is 35.7 Å². The third-order valence-corrected chi connectivity index (χ3v) is 3.49. The molecule has 1 heterocycles. The zero-order chi connectivity index (χ0) is 13.2. The van der Waals surface area contributed by atoms with E-state index in [1.807, 2.05) is 6.92 Å². The lowest BCUT2D eigenvalue weighted by atomic mass is 9.90. The van der Waals surface area contributed by atoms with Crippen LogP contribution in [0.5, 0.6) is 0 Å². The summed E-state index contributed by atoms with van der Waals surface area (Å²) in [4.78, 5) is 12.1. The van der Waals surface area contributed by atoms with Gasteiger partial charge in [0.25, 0.3) is 5.91 Å². The van der Waals surface area contributed by atoms with Crippen molar-refractivity contribution in [3.63, 3.8) is 0 Å². The van der Waals surface area contributed by atoms with Crippen molar-refractivity contribution >= 4 is 18.3 Å². The van der Waals surface area contributed by atoms with E-state index >= 15 is 0 Å². The van der Waals surface area contributed by atoms with Crippen molar-refractivity contribution in [2.75, 3.05) is 13.1 Å². The van der Waals surface area contributed by atoms with E-state index in [1.54, 1.807) is 19.1 Å². The third-order valence-electron chi connectivity index (χ3n) is 3.49. The van der Waals surface area contributed by atoms with Crippen molar-refractivity contribution in [1.82, 2.24) is 10.6 Å². The molecule has 5 heteroatoms. The van der Waals surface area contributed by atoms with Crippen LogP contribution in [0.4, 0.5) is 4.39 Å². The van der Waals surface area contributed by atoms with E-state index < -0.39 is 5.82 Å². The molecule has 1 aromatic carbocycles. The van der Waals surface area contributed by atoms with Crippen molar-refractivity contribution in [1.29, 1.82) is 0 Å². The Kier molecular flexibility index (Phi) is 5.32. The van der Waals surface area contributed by atoms with E-state index in [4.69, 9.17) is 0 Å². The molecule has 1 saturated heterocycles. The van der Waals surface area contributed by atoms with Crippen LogP contribution in [0.2, 0.25) is 0 Å². The molecule has 0 radical (unpaired) electrons. The van der Waals surface area contributed by atoms with Gasteiger partial charge >= 0.3 is 0 Å². The number of carbonyl (C=O) groups excluding carboxylic acids is 1. The Morgan fingerprint density at radius 1 is 1.37 bits per heavy atom. The van der Waals surface area contributed by atoms with Crippen LogP contribution in [0.25, 0.3) is 0 Å². The number of hydrogen-bond acceptors (Lipinski definition) is 2. The SMILES string of the molecule is Cc1ccc(C(=O)NC2(C)CCNCC2)c(F)c1.Cl. The second-order valence-electron chi connectivity index (χ2n) is 5.25. The molecule has 106 valence electrons. The maximum atomic E-state index is 13.7. The molecule has 1 aliphatic rings. The van der Waals surface area contributed by atoms with Gasteiger partial charge in [-0.05, 0) is 57.5 Å². The number of nitrogens with one attached hydrogen (secondary N) is 2. The van der Waals surface area contributed by atoms with Crippen molar-refractivity contribution in [2.24, 2.45) is 0 Å². The lowest BCUT2D eigenvalue weighted by Gasteiger charge is -2.35. The quantitative estimate of drug-likeness (QED) is 0.877. The highest BCUT2D eigenvalue weighted by Gasteiger charge is 2.29. The Balaban J connectivity index is 0.00000180. The van der Waals surface area contributed by atoms with Gasteiger partial charge in [0.1, 0.15) is 5.82 Å². The van der Waals surface area contributed by atoms with Crippen LogP contribution in [-0.4, -0.2) is 24.5 Å². The highest BCUT2D eigenvalue weighted by molar-refractivity contribution is 5.95. The van der Waals surface area contributed by atoms with Gasteiger partial charge in [0.15, 0.2) is 0 Å². The molecule has 2 rings (SSSR count). The van der Waals surface area contributed by atoms with E-state index in [0.29, 0.717) is 0 Å². The van der Waals surface area contributed by atoms with Gasteiger partial charge in [-0.2, -0.15) is 0 Å². The summed E-state index contributed by atoms with van der Waals surface area (Å²) in [6.07, 6.45) is 1.73. The zero-order valence-corrected chi connectivity index (χ0v) is 12.1. The summed E-state index contributed by atoms with van der Waals surface area (Å²) in [5, 5.41) is 6.20. The van der Waals surface area contributed by atoms with Gasteiger partial charge in [0.2, 0.25) is 0 Å². The van der Waals surface area contributed by atoms with E-state index in [9.17, 15) is 9.18 Å². The van der Waals surface area contributed by atoms with Gasteiger partial charge in [-0.15, -0.1) is 12.4 Å². The Labute approximate surface area is 119 Å². The predicted octanol–water partition coefficient (Wildman–Crippen LogP) is 2.43. The molecular weight excluding hydrogens is 267 g/mol. The number of rotatable bonds is 2. The molecule has 1 aliphatic heterocycles. The fourth-order valence-electron chi connectivity index (χ4n) is 2.25. The lowest BCUT2D eigenvalue weighted by Crippen LogP contribution is -2.52. The minimum atomic E-state index is -0.454. The molecule has 0 bridgehead atoms. The van der Waals surface area contributed by atoms with E-state index in [1.165, 1.54) is 6.07 Å². The number of piperidine rings is 1. The number of benzene rings is 1. The van der Waals surface area contributed by atoms with Crippen LogP contribution >= 0.6 is 12.4 Å². The summed E-state index contributed by atoms with van der Waals surface area (Å²) in [6, 6.07) is 4.69. The lowest BCUT2D eigenvalue weighted by molar-refractivity contribution is 0.0883. The topological polar surface area (TPSA) is 41.1 Å². The first-order chi connectivity index (χ1) is 8.50. The highest BCUT2D eigenvalue weighted by atomic mass is 35.5. The van der Waals surface area contributed by atoms with Crippen molar-refractivity contribution < 1.29 is 9.18 Å². The van der Waals surface area contributed by atoms with E-state index in [0.717, 1.165) is 31.5 Å². The molecular formula is C14H20ClFN2O. The predicted molar refractivity (Wildman–Crippen MR) is 76.4 cm³/mol. The van der Waals surface area contributed by atoms with Crippen molar-refractivity contribution in [3.05, 3.63) is 35.1 Å². The Bertz CT molecular complexity index is 459. The average Bonchev–Trinajstić information content (AvgIpc) is 2.28. The largest absolute Gasteiger partial charge is 0.347 e. The molecule has 0 aliphatic carbocycles. The van der Waals surface area contributed by atoms with Crippen LogP contribution in [-0.2, 0) is 0 Å². The van der Waals surface area contributed by atoms with Gasteiger partial charge in [0.05, 0.1) is 5.56 Å². The normalized spacial score (nSPS) is 17.4. The summed E-state index contributed by atoms with van der Waals surface area (Å²) in [5.41, 5.74) is 0.706. The van der Waals surface area contributed by atoms with Gasteiger partial charge < -0.3 is 10.6 Å². The molecule has 3 nitrogen and oxygen atoms in total. The highest BCUT2D eigenvalue weighted by Crippen LogP contribution is 2.19. The van der Waals surface area contributed by atoms with Crippen molar-refractivity contribution in [3.8, 4) is 0 Å². The summed E-state index contributed by atoms with van der Waals surface area (Å²) < 4.78 is 13.7. The molecule has 1 fully saturated rings. The van der Waals surface area contributed by atoms with Gasteiger partial charge in [-0.3, -0.25) is 4.79 Å². The summed E-state index contributed by atoms with van der Waals surface area (Å²) in [7, 11) is 0. The standard InChI is InChI=1S/C14H19FN2O.ClH/c1-10-3-4-11(12(15)9-10)13(18)17-14(2)5-7-16-8-6-14;/h3-4,9,16H,5-8H2,1-2H3,(H,17,18);1H. The van der Waals surface area contributed by atoms with Gasteiger partial charge in [0, 0.05) is 5.54 Å². The number of amides is 1. The molecule has 1 amide bonds. The minimum absolute atomic E-state index is 0. The maximum absolute atomic E-state index is 13.7. The van der Waals surface area contributed by atoms with Crippen LogP contribution in [0.3, 0.4) is 0 Å². The van der Waals surface area contributed by atoms with Crippen molar-refractivity contribution in [2.45, 2.75) is 32.2 Å². The Hall–Kier alpha value is -1.13. The number of hydrogen-bond donors (Lipinski definition) is 2. The first-order valence-electron chi connectivity index (χ1n) is 6.30. The smallest absolute Gasteiger partial charge is 0.254 e. The van der Waals surface area contributed by atoms with Crippen LogP contribution < -0.4 is 10.6 Å².